The van der Waals surface area contributed by atoms with Crippen LogP contribution in [0.3, 0.4) is 0 Å². The molecule has 4 rings (SSSR count). The largest absolute Gasteiger partial charge is 0.350 e. The van der Waals surface area contributed by atoms with E-state index in [0.717, 1.165) is 29.8 Å². The Bertz CT molecular complexity index is 1020. The second-order valence-corrected chi connectivity index (χ2v) is 7.26. The van der Waals surface area contributed by atoms with Crippen LogP contribution < -0.4 is 10.2 Å². The molecule has 0 saturated heterocycles. The molecule has 6 heteroatoms. The summed E-state index contributed by atoms with van der Waals surface area (Å²) in [6, 6.07) is 17.4. The number of benzene rings is 2. The molecule has 1 amide bonds. The van der Waals surface area contributed by atoms with Gasteiger partial charge >= 0.3 is 0 Å². The molecule has 142 valence electrons. The Balaban J connectivity index is 1.57. The maximum atomic E-state index is 13.2. The monoisotopic (exact) mass is 392 g/mol. The number of carbonyl (C=O) groups is 1. The standard InChI is InChI=1S/C22H21ClN4O/c1-15-13-19(21(28)27-12-6-9-16-7-3-5-11-20(16)27)26-22(25-15)24-14-17-8-2-4-10-18(17)23/h2-5,7-8,10-11,13H,6,9,12,14H2,1H3,(H,24,25,26). The molecular formula is C22H21ClN4O. The highest BCUT2D eigenvalue weighted by Crippen LogP contribution is 2.28. The zero-order valence-corrected chi connectivity index (χ0v) is 16.4. The van der Waals surface area contributed by atoms with Crippen molar-refractivity contribution in [3.8, 4) is 0 Å². The number of amides is 1. The topological polar surface area (TPSA) is 58.1 Å². The molecule has 1 aliphatic heterocycles. The van der Waals surface area contributed by atoms with Crippen LogP contribution in [-0.2, 0) is 13.0 Å². The Hall–Kier alpha value is -2.92. The molecule has 1 N–H and O–H groups in total. The summed E-state index contributed by atoms with van der Waals surface area (Å²) in [5.41, 5.74) is 4.26. The van der Waals surface area contributed by atoms with Gasteiger partial charge in [-0.05, 0) is 49.1 Å². The average molecular weight is 393 g/mol. The Morgan fingerprint density at radius 1 is 1.14 bits per heavy atom. The number of aromatic nitrogens is 2. The molecule has 5 nitrogen and oxygen atoms in total. The highest BCUT2D eigenvalue weighted by Gasteiger charge is 2.24. The predicted molar refractivity (Wildman–Crippen MR) is 112 cm³/mol. The molecule has 2 aromatic carbocycles. The lowest BCUT2D eigenvalue weighted by atomic mass is 10.0. The molecule has 0 fully saturated rings. The fraction of sp³-hybridized carbons (Fsp3) is 0.227. The smallest absolute Gasteiger partial charge is 0.277 e. The number of anilines is 2. The fourth-order valence-electron chi connectivity index (χ4n) is 3.46. The van der Waals surface area contributed by atoms with Crippen LogP contribution >= 0.6 is 11.6 Å². The number of para-hydroxylation sites is 1. The molecule has 0 unspecified atom stereocenters. The predicted octanol–water partition coefficient (Wildman–Crippen LogP) is 4.64. The molecule has 28 heavy (non-hydrogen) atoms. The van der Waals surface area contributed by atoms with E-state index in [9.17, 15) is 4.79 Å². The van der Waals surface area contributed by atoms with E-state index in [1.165, 1.54) is 5.56 Å². The first-order valence-electron chi connectivity index (χ1n) is 9.34. The minimum atomic E-state index is -0.0987. The third kappa shape index (κ3) is 3.85. The van der Waals surface area contributed by atoms with Gasteiger partial charge in [-0.3, -0.25) is 4.79 Å². The lowest BCUT2D eigenvalue weighted by Crippen LogP contribution is -2.36. The summed E-state index contributed by atoms with van der Waals surface area (Å²) in [4.78, 5) is 23.9. The van der Waals surface area contributed by atoms with Crippen LogP contribution in [0.25, 0.3) is 0 Å². The fourth-order valence-corrected chi connectivity index (χ4v) is 3.66. The van der Waals surface area contributed by atoms with E-state index in [1.807, 2.05) is 54.3 Å². The van der Waals surface area contributed by atoms with Crippen molar-refractivity contribution in [3.05, 3.63) is 82.1 Å². The van der Waals surface area contributed by atoms with Gasteiger partial charge < -0.3 is 10.2 Å². The molecule has 0 spiro atoms. The van der Waals surface area contributed by atoms with Crippen molar-refractivity contribution in [2.24, 2.45) is 0 Å². The van der Waals surface area contributed by atoms with Crippen molar-refractivity contribution < 1.29 is 4.79 Å². The van der Waals surface area contributed by atoms with Gasteiger partial charge in [0.1, 0.15) is 5.69 Å². The summed E-state index contributed by atoms with van der Waals surface area (Å²) in [7, 11) is 0. The SMILES string of the molecule is Cc1cc(C(=O)N2CCCc3ccccc32)nc(NCc2ccccc2Cl)n1. The number of fused-ring (bicyclic) bond motifs is 1. The molecule has 0 bridgehead atoms. The molecule has 1 aromatic heterocycles. The summed E-state index contributed by atoms with van der Waals surface area (Å²) in [5.74, 6) is 0.326. The quantitative estimate of drug-likeness (QED) is 0.702. The maximum Gasteiger partial charge on any atom is 0.277 e. The van der Waals surface area contributed by atoms with E-state index in [4.69, 9.17) is 11.6 Å². The second kappa shape index (κ2) is 7.98. The van der Waals surface area contributed by atoms with Crippen LogP contribution in [0.2, 0.25) is 5.02 Å². The maximum absolute atomic E-state index is 13.2. The summed E-state index contributed by atoms with van der Waals surface area (Å²) in [6.45, 7) is 3.05. The number of carbonyl (C=O) groups excluding carboxylic acids is 1. The van der Waals surface area contributed by atoms with Crippen LogP contribution in [0.1, 0.15) is 33.7 Å². The number of hydrogen-bond donors (Lipinski definition) is 1. The first kappa shape index (κ1) is 18.4. The van der Waals surface area contributed by atoms with Crippen molar-refractivity contribution in [2.75, 3.05) is 16.8 Å². The summed E-state index contributed by atoms with van der Waals surface area (Å²) >= 11 is 6.21. The molecule has 2 heterocycles. The van der Waals surface area contributed by atoms with Crippen LogP contribution in [-0.4, -0.2) is 22.4 Å². The number of aryl methyl sites for hydroxylation is 2. The summed E-state index contributed by atoms with van der Waals surface area (Å²) in [6.07, 6.45) is 1.94. The van der Waals surface area contributed by atoms with Gasteiger partial charge in [-0.1, -0.05) is 48.0 Å². The lowest BCUT2D eigenvalue weighted by molar-refractivity contribution is 0.0980. The zero-order chi connectivity index (χ0) is 19.5. The molecular weight excluding hydrogens is 372 g/mol. The first-order valence-corrected chi connectivity index (χ1v) is 9.72. The van der Waals surface area contributed by atoms with Gasteiger partial charge in [0.25, 0.3) is 5.91 Å². The van der Waals surface area contributed by atoms with Gasteiger partial charge in [0.2, 0.25) is 5.95 Å². The van der Waals surface area contributed by atoms with Crippen molar-refractivity contribution in [2.45, 2.75) is 26.3 Å². The van der Waals surface area contributed by atoms with Gasteiger partial charge in [0.05, 0.1) is 0 Å². The molecule has 3 aromatic rings. The Morgan fingerprint density at radius 2 is 1.93 bits per heavy atom. The van der Waals surface area contributed by atoms with E-state index in [2.05, 4.69) is 21.4 Å². The van der Waals surface area contributed by atoms with Crippen LogP contribution in [0.4, 0.5) is 11.6 Å². The number of nitrogens with one attached hydrogen (secondary N) is 1. The average Bonchev–Trinajstić information content (AvgIpc) is 2.72. The number of rotatable bonds is 4. The van der Waals surface area contributed by atoms with Gasteiger partial charge in [0, 0.05) is 29.5 Å². The van der Waals surface area contributed by atoms with E-state index in [-0.39, 0.29) is 5.91 Å². The minimum absolute atomic E-state index is 0.0987. The van der Waals surface area contributed by atoms with Crippen molar-refractivity contribution in [1.29, 1.82) is 0 Å². The van der Waals surface area contributed by atoms with E-state index < -0.39 is 0 Å². The van der Waals surface area contributed by atoms with E-state index in [1.54, 1.807) is 6.07 Å². The third-order valence-electron chi connectivity index (χ3n) is 4.82. The molecule has 1 aliphatic rings. The van der Waals surface area contributed by atoms with Crippen molar-refractivity contribution in [3.63, 3.8) is 0 Å². The van der Waals surface area contributed by atoms with E-state index in [0.29, 0.717) is 29.8 Å². The minimum Gasteiger partial charge on any atom is -0.350 e. The third-order valence-corrected chi connectivity index (χ3v) is 5.19. The molecule has 0 aliphatic carbocycles. The summed E-state index contributed by atoms with van der Waals surface area (Å²) < 4.78 is 0. The van der Waals surface area contributed by atoms with Crippen LogP contribution in [0, 0.1) is 6.92 Å². The van der Waals surface area contributed by atoms with Crippen molar-refractivity contribution >= 4 is 29.1 Å². The van der Waals surface area contributed by atoms with E-state index >= 15 is 0 Å². The van der Waals surface area contributed by atoms with Crippen molar-refractivity contribution in [1.82, 2.24) is 9.97 Å². The lowest BCUT2D eigenvalue weighted by Gasteiger charge is -2.29. The highest BCUT2D eigenvalue weighted by molar-refractivity contribution is 6.31. The van der Waals surface area contributed by atoms with Crippen LogP contribution in [0.5, 0.6) is 0 Å². The second-order valence-electron chi connectivity index (χ2n) is 6.85. The Morgan fingerprint density at radius 3 is 2.79 bits per heavy atom. The zero-order valence-electron chi connectivity index (χ0n) is 15.7. The highest BCUT2D eigenvalue weighted by atomic mass is 35.5. The van der Waals surface area contributed by atoms with Gasteiger partial charge in [-0.25, -0.2) is 9.97 Å². The number of nitrogens with zero attached hydrogens (tertiary/aromatic N) is 3. The number of hydrogen-bond acceptors (Lipinski definition) is 4. The summed E-state index contributed by atoms with van der Waals surface area (Å²) in [5, 5.41) is 3.87. The van der Waals surface area contributed by atoms with Gasteiger partial charge in [0.15, 0.2) is 0 Å². The molecule has 0 radical (unpaired) electrons. The number of halogens is 1. The Labute approximate surface area is 169 Å². The Kier molecular flexibility index (Phi) is 5.26. The normalized spacial score (nSPS) is 13.1. The van der Waals surface area contributed by atoms with Crippen LogP contribution in [0.15, 0.2) is 54.6 Å². The molecule has 0 saturated carbocycles. The first-order chi connectivity index (χ1) is 13.6. The van der Waals surface area contributed by atoms with Gasteiger partial charge in [-0.15, -0.1) is 0 Å². The van der Waals surface area contributed by atoms with Gasteiger partial charge in [-0.2, -0.15) is 0 Å². The molecule has 0 atom stereocenters.